The fourth-order valence-corrected chi connectivity index (χ4v) is 5.00. The first-order valence-electron chi connectivity index (χ1n) is 8.11. The summed E-state index contributed by atoms with van der Waals surface area (Å²) in [5.41, 5.74) is -0.976. The summed E-state index contributed by atoms with van der Waals surface area (Å²) in [5, 5.41) is 0.130. The average Bonchev–Trinajstić information content (AvgIpc) is 2.70. The van der Waals surface area contributed by atoms with E-state index in [-0.39, 0.29) is 47.2 Å². The molecule has 12 heteroatoms. The standard InChI is InChI=1S/C17H12Cl2F4N2O3S/c18-9-1-2-11(19)13(7-9)29(27,28)25-5-3-24(4-6-25)17(26)10-8-12(20)15(22)16(23)14(10)21/h1-2,7-8H,3-6H2. The van der Waals surface area contributed by atoms with Gasteiger partial charge in [-0.05, 0) is 24.3 Å². The third-order valence-electron chi connectivity index (χ3n) is 4.37. The van der Waals surface area contributed by atoms with Crippen LogP contribution in [0, 0.1) is 23.3 Å². The molecule has 0 saturated carbocycles. The summed E-state index contributed by atoms with van der Waals surface area (Å²) >= 11 is 11.8. The summed E-state index contributed by atoms with van der Waals surface area (Å²) in [6, 6.07) is 4.22. The van der Waals surface area contributed by atoms with Crippen molar-refractivity contribution in [3.8, 4) is 0 Å². The first-order valence-corrected chi connectivity index (χ1v) is 10.3. The van der Waals surface area contributed by atoms with Crippen LogP contribution in [0.4, 0.5) is 17.6 Å². The zero-order chi connectivity index (χ0) is 21.5. The molecule has 2 aromatic carbocycles. The van der Waals surface area contributed by atoms with Crippen molar-refractivity contribution in [1.29, 1.82) is 0 Å². The van der Waals surface area contributed by atoms with Gasteiger partial charge >= 0.3 is 0 Å². The molecule has 0 unspecified atom stereocenters. The topological polar surface area (TPSA) is 57.7 Å². The first-order chi connectivity index (χ1) is 13.5. The van der Waals surface area contributed by atoms with E-state index >= 15 is 0 Å². The number of hydrogen-bond acceptors (Lipinski definition) is 3. The summed E-state index contributed by atoms with van der Waals surface area (Å²) in [6.07, 6.45) is 0. The van der Waals surface area contributed by atoms with Gasteiger partial charge in [0.2, 0.25) is 10.0 Å². The molecule has 1 aliphatic heterocycles. The molecule has 2 aromatic rings. The van der Waals surface area contributed by atoms with Crippen LogP contribution in [-0.4, -0.2) is 49.7 Å². The van der Waals surface area contributed by atoms with E-state index in [4.69, 9.17) is 23.2 Å². The highest BCUT2D eigenvalue weighted by Crippen LogP contribution is 2.28. The van der Waals surface area contributed by atoms with E-state index in [0.717, 1.165) is 9.21 Å². The highest BCUT2D eigenvalue weighted by atomic mass is 35.5. The van der Waals surface area contributed by atoms with Crippen molar-refractivity contribution in [3.63, 3.8) is 0 Å². The molecular formula is C17H12Cl2F4N2O3S. The number of carbonyl (C=O) groups is 1. The molecule has 5 nitrogen and oxygen atoms in total. The molecule has 0 spiro atoms. The van der Waals surface area contributed by atoms with E-state index in [1.54, 1.807) is 0 Å². The molecule has 1 fully saturated rings. The minimum atomic E-state index is -4.02. The van der Waals surface area contributed by atoms with Crippen LogP contribution in [0.1, 0.15) is 10.4 Å². The Balaban J connectivity index is 1.79. The molecule has 0 radical (unpaired) electrons. The zero-order valence-corrected chi connectivity index (χ0v) is 16.8. The van der Waals surface area contributed by atoms with Crippen LogP contribution in [-0.2, 0) is 10.0 Å². The van der Waals surface area contributed by atoms with Gasteiger partial charge in [0, 0.05) is 31.2 Å². The van der Waals surface area contributed by atoms with Gasteiger partial charge in [-0.1, -0.05) is 23.2 Å². The molecule has 3 rings (SSSR count). The Morgan fingerprint density at radius 1 is 0.897 bits per heavy atom. The molecule has 0 aromatic heterocycles. The van der Waals surface area contributed by atoms with Crippen LogP contribution in [0.2, 0.25) is 10.0 Å². The number of benzene rings is 2. The Labute approximate surface area is 173 Å². The zero-order valence-electron chi connectivity index (χ0n) is 14.4. The third kappa shape index (κ3) is 4.07. The van der Waals surface area contributed by atoms with Crippen molar-refractivity contribution in [2.75, 3.05) is 26.2 Å². The molecule has 29 heavy (non-hydrogen) atoms. The molecular weight excluding hydrogens is 459 g/mol. The van der Waals surface area contributed by atoms with E-state index in [1.165, 1.54) is 18.2 Å². The molecule has 0 N–H and O–H groups in total. The van der Waals surface area contributed by atoms with E-state index in [2.05, 4.69) is 0 Å². The fourth-order valence-electron chi connectivity index (χ4n) is 2.84. The summed E-state index contributed by atoms with van der Waals surface area (Å²) in [4.78, 5) is 13.2. The van der Waals surface area contributed by atoms with Crippen LogP contribution < -0.4 is 0 Å². The Morgan fingerprint density at radius 2 is 1.52 bits per heavy atom. The van der Waals surface area contributed by atoms with E-state index in [1.807, 2.05) is 0 Å². The SMILES string of the molecule is O=C(c1cc(F)c(F)c(F)c1F)N1CCN(S(=O)(=O)c2cc(Cl)ccc2Cl)CC1. The van der Waals surface area contributed by atoms with Gasteiger partial charge in [0.15, 0.2) is 23.3 Å². The van der Waals surface area contributed by atoms with E-state index < -0.39 is 44.8 Å². The molecule has 0 bridgehead atoms. The molecule has 1 heterocycles. The molecule has 0 aliphatic carbocycles. The van der Waals surface area contributed by atoms with Crippen LogP contribution in [0.25, 0.3) is 0 Å². The second-order valence-electron chi connectivity index (χ2n) is 6.12. The van der Waals surface area contributed by atoms with Crippen LogP contribution in [0.3, 0.4) is 0 Å². The van der Waals surface area contributed by atoms with Crippen LogP contribution >= 0.6 is 23.2 Å². The summed E-state index contributed by atoms with van der Waals surface area (Å²) in [5.74, 6) is -8.71. The Hall–Kier alpha value is -1.88. The molecule has 1 amide bonds. The number of amides is 1. The molecule has 1 aliphatic rings. The Morgan fingerprint density at radius 3 is 2.14 bits per heavy atom. The predicted octanol–water partition coefficient (Wildman–Crippen LogP) is 3.70. The smallest absolute Gasteiger partial charge is 0.257 e. The van der Waals surface area contributed by atoms with E-state index in [9.17, 15) is 30.8 Å². The number of nitrogens with zero attached hydrogens (tertiary/aromatic N) is 2. The van der Waals surface area contributed by atoms with Crippen molar-refractivity contribution < 1.29 is 30.8 Å². The van der Waals surface area contributed by atoms with Crippen molar-refractivity contribution in [2.24, 2.45) is 0 Å². The van der Waals surface area contributed by atoms with Gasteiger partial charge < -0.3 is 4.90 Å². The highest BCUT2D eigenvalue weighted by Gasteiger charge is 2.33. The van der Waals surface area contributed by atoms with E-state index in [0.29, 0.717) is 0 Å². The summed E-state index contributed by atoms with van der Waals surface area (Å²) in [7, 11) is -4.02. The van der Waals surface area contributed by atoms with Crippen LogP contribution in [0.5, 0.6) is 0 Å². The summed E-state index contributed by atoms with van der Waals surface area (Å²) in [6.45, 7) is -0.720. The van der Waals surface area contributed by atoms with Crippen LogP contribution in [0.15, 0.2) is 29.2 Å². The maximum Gasteiger partial charge on any atom is 0.257 e. The normalized spacial score (nSPS) is 15.6. The maximum atomic E-state index is 13.9. The van der Waals surface area contributed by atoms with Gasteiger partial charge in [-0.2, -0.15) is 4.31 Å². The lowest BCUT2D eigenvalue weighted by Gasteiger charge is -2.34. The molecule has 1 saturated heterocycles. The minimum absolute atomic E-state index is 0.0350. The Bertz CT molecular complexity index is 1090. The maximum absolute atomic E-state index is 13.9. The average molecular weight is 471 g/mol. The second kappa shape index (κ2) is 8.10. The first kappa shape index (κ1) is 21.8. The lowest BCUT2D eigenvalue weighted by molar-refractivity contribution is 0.0691. The molecule has 156 valence electrons. The van der Waals surface area contributed by atoms with Crippen molar-refractivity contribution in [3.05, 3.63) is 63.1 Å². The Kier molecular flexibility index (Phi) is 6.09. The summed E-state index contributed by atoms with van der Waals surface area (Å²) < 4.78 is 80.3. The van der Waals surface area contributed by atoms with Crippen molar-refractivity contribution in [1.82, 2.24) is 9.21 Å². The fraction of sp³-hybridized carbons (Fsp3) is 0.235. The number of carbonyl (C=O) groups excluding carboxylic acids is 1. The quantitative estimate of drug-likeness (QED) is 0.390. The lowest BCUT2D eigenvalue weighted by atomic mass is 10.1. The number of halogens is 6. The van der Waals surface area contributed by atoms with Gasteiger partial charge in [-0.15, -0.1) is 0 Å². The molecule has 0 atom stereocenters. The number of hydrogen-bond donors (Lipinski definition) is 0. The van der Waals surface area contributed by atoms with Gasteiger partial charge in [0.1, 0.15) is 4.90 Å². The number of piperazine rings is 1. The third-order valence-corrected chi connectivity index (χ3v) is 6.99. The minimum Gasteiger partial charge on any atom is -0.336 e. The lowest BCUT2D eigenvalue weighted by Crippen LogP contribution is -2.50. The highest BCUT2D eigenvalue weighted by molar-refractivity contribution is 7.89. The van der Waals surface area contributed by atoms with Crippen molar-refractivity contribution >= 4 is 39.1 Å². The van der Waals surface area contributed by atoms with Gasteiger partial charge in [0.25, 0.3) is 5.91 Å². The largest absolute Gasteiger partial charge is 0.336 e. The monoisotopic (exact) mass is 470 g/mol. The number of rotatable bonds is 3. The van der Waals surface area contributed by atoms with Gasteiger partial charge in [-0.3, -0.25) is 4.79 Å². The number of sulfonamides is 1. The van der Waals surface area contributed by atoms with Gasteiger partial charge in [-0.25, -0.2) is 26.0 Å². The predicted molar refractivity (Wildman–Crippen MR) is 97.4 cm³/mol. The second-order valence-corrected chi connectivity index (χ2v) is 8.87. The van der Waals surface area contributed by atoms with Gasteiger partial charge in [0.05, 0.1) is 10.6 Å². The van der Waals surface area contributed by atoms with Crippen molar-refractivity contribution in [2.45, 2.75) is 4.90 Å².